The predicted molar refractivity (Wildman–Crippen MR) is 83.2 cm³/mol. The molecular weight excluding hydrogens is 294 g/mol. The van der Waals surface area contributed by atoms with E-state index in [1.807, 2.05) is 6.07 Å². The molecule has 1 aliphatic carbocycles. The third-order valence-corrected chi connectivity index (χ3v) is 5.69. The Morgan fingerprint density at radius 2 is 2.35 bits per heavy atom. The molecule has 0 aromatic carbocycles. The van der Waals surface area contributed by atoms with E-state index >= 15 is 0 Å². The molecule has 23 heavy (non-hydrogen) atoms. The van der Waals surface area contributed by atoms with Crippen LogP contribution in [0.25, 0.3) is 0 Å². The fourth-order valence-corrected chi connectivity index (χ4v) is 4.17. The topological polar surface area (TPSA) is 74.7 Å². The number of nitrogens with zero attached hydrogens (tertiary/aromatic N) is 2. The first kappa shape index (κ1) is 15.1. The van der Waals surface area contributed by atoms with Gasteiger partial charge in [0.2, 0.25) is 0 Å². The third-order valence-electron chi connectivity index (χ3n) is 5.69. The minimum Gasteiger partial charge on any atom is -0.375 e. The van der Waals surface area contributed by atoms with Crippen LogP contribution in [0, 0.1) is 0 Å². The molecule has 0 radical (unpaired) electrons. The standard InChI is InChI=1S/C17H23N3O3/c21-16(19-22)13-8-12-2-6-20(11-15(12)18-10-13)14-3-7-23-17(9-14)4-1-5-17/h8,10,14,22H,1-7,9,11H2,(H,19,21)/t14-/m1/s1. The number of ether oxygens (including phenoxy) is 1. The van der Waals surface area contributed by atoms with E-state index in [9.17, 15) is 4.79 Å². The Morgan fingerprint density at radius 1 is 1.48 bits per heavy atom. The van der Waals surface area contributed by atoms with Crippen molar-refractivity contribution in [3.63, 3.8) is 0 Å². The van der Waals surface area contributed by atoms with Gasteiger partial charge in [0.25, 0.3) is 5.91 Å². The molecular formula is C17H23N3O3. The van der Waals surface area contributed by atoms with Crippen molar-refractivity contribution < 1.29 is 14.7 Å². The predicted octanol–water partition coefficient (Wildman–Crippen LogP) is 1.66. The number of fused-ring (bicyclic) bond motifs is 1. The first-order chi connectivity index (χ1) is 11.2. The molecule has 1 spiro atoms. The van der Waals surface area contributed by atoms with E-state index in [4.69, 9.17) is 9.94 Å². The molecule has 3 heterocycles. The van der Waals surface area contributed by atoms with E-state index in [0.29, 0.717) is 11.6 Å². The van der Waals surface area contributed by atoms with Crippen LogP contribution in [0.5, 0.6) is 0 Å². The van der Waals surface area contributed by atoms with Gasteiger partial charge in [0.05, 0.1) is 16.9 Å². The zero-order valence-corrected chi connectivity index (χ0v) is 13.3. The lowest BCUT2D eigenvalue weighted by Gasteiger charge is -2.50. The van der Waals surface area contributed by atoms with Crippen LogP contribution in [0.2, 0.25) is 0 Å². The van der Waals surface area contributed by atoms with Crippen LogP contribution >= 0.6 is 0 Å². The summed E-state index contributed by atoms with van der Waals surface area (Å²) in [6.45, 7) is 2.72. The quantitative estimate of drug-likeness (QED) is 0.641. The molecule has 0 bridgehead atoms. The largest absolute Gasteiger partial charge is 0.375 e. The number of nitrogens with one attached hydrogen (secondary N) is 1. The van der Waals surface area contributed by atoms with Crippen molar-refractivity contribution in [3.8, 4) is 0 Å². The van der Waals surface area contributed by atoms with Gasteiger partial charge in [-0.15, -0.1) is 0 Å². The summed E-state index contributed by atoms with van der Waals surface area (Å²) >= 11 is 0. The Hall–Kier alpha value is -1.50. The molecule has 2 aliphatic heterocycles. The zero-order valence-electron chi connectivity index (χ0n) is 13.3. The van der Waals surface area contributed by atoms with Crippen molar-refractivity contribution in [2.24, 2.45) is 0 Å². The normalized spacial score (nSPS) is 26.4. The van der Waals surface area contributed by atoms with E-state index < -0.39 is 5.91 Å². The van der Waals surface area contributed by atoms with Crippen LogP contribution in [-0.2, 0) is 17.7 Å². The van der Waals surface area contributed by atoms with Crippen LogP contribution in [0.1, 0.15) is 53.7 Å². The molecule has 6 heteroatoms. The maximum atomic E-state index is 11.5. The molecule has 1 aromatic rings. The first-order valence-corrected chi connectivity index (χ1v) is 8.49. The Kier molecular flexibility index (Phi) is 3.83. The fraction of sp³-hybridized carbons (Fsp3) is 0.647. The fourth-order valence-electron chi connectivity index (χ4n) is 4.17. The smallest absolute Gasteiger partial charge is 0.276 e. The molecule has 1 aromatic heterocycles. The van der Waals surface area contributed by atoms with Gasteiger partial charge < -0.3 is 4.74 Å². The van der Waals surface area contributed by atoms with Crippen LogP contribution in [0.3, 0.4) is 0 Å². The Labute approximate surface area is 135 Å². The Balaban J connectivity index is 1.47. The highest BCUT2D eigenvalue weighted by Crippen LogP contribution is 2.43. The van der Waals surface area contributed by atoms with Crippen molar-refractivity contribution in [3.05, 3.63) is 29.1 Å². The molecule has 0 unspecified atom stereocenters. The van der Waals surface area contributed by atoms with Crippen LogP contribution in [-0.4, -0.2) is 45.8 Å². The lowest BCUT2D eigenvalue weighted by molar-refractivity contribution is -0.149. The molecule has 6 nitrogen and oxygen atoms in total. The number of rotatable bonds is 2. The lowest BCUT2D eigenvalue weighted by Crippen LogP contribution is -2.53. The molecule has 3 aliphatic rings. The summed E-state index contributed by atoms with van der Waals surface area (Å²) in [5, 5.41) is 8.74. The maximum Gasteiger partial charge on any atom is 0.276 e. The summed E-state index contributed by atoms with van der Waals surface area (Å²) in [4.78, 5) is 18.5. The second-order valence-electron chi connectivity index (χ2n) is 7.02. The molecule has 124 valence electrons. The number of hydroxylamine groups is 1. The number of aromatic nitrogens is 1. The molecule has 1 saturated carbocycles. The average Bonchev–Trinajstić information content (AvgIpc) is 2.59. The number of hydrogen-bond acceptors (Lipinski definition) is 5. The molecule has 1 saturated heterocycles. The lowest BCUT2D eigenvalue weighted by atomic mass is 9.73. The van der Waals surface area contributed by atoms with E-state index in [0.717, 1.165) is 50.2 Å². The highest BCUT2D eigenvalue weighted by atomic mass is 16.5. The Bertz CT molecular complexity index is 615. The van der Waals surface area contributed by atoms with Gasteiger partial charge in [-0.25, -0.2) is 5.48 Å². The Morgan fingerprint density at radius 3 is 3.09 bits per heavy atom. The van der Waals surface area contributed by atoms with Crippen molar-refractivity contribution in [2.75, 3.05) is 13.2 Å². The molecule has 1 amide bonds. The SMILES string of the molecule is O=C(NO)c1cnc2c(c1)CCN([C@@H]1CCOC3(CCC3)C1)C2. The number of amides is 1. The van der Waals surface area contributed by atoms with Gasteiger partial charge in [-0.05, 0) is 50.2 Å². The second kappa shape index (κ2) is 5.85. The van der Waals surface area contributed by atoms with Gasteiger partial charge in [-0.1, -0.05) is 0 Å². The van der Waals surface area contributed by atoms with Gasteiger partial charge in [0.1, 0.15) is 0 Å². The number of carbonyl (C=O) groups is 1. The number of pyridine rings is 1. The van der Waals surface area contributed by atoms with Gasteiger partial charge >= 0.3 is 0 Å². The summed E-state index contributed by atoms with van der Waals surface area (Å²) < 4.78 is 6.04. The maximum absolute atomic E-state index is 11.5. The summed E-state index contributed by atoms with van der Waals surface area (Å²) in [6.07, 6.45) is 8.42. The van der Waals surface area contributed by atoms with Crippen molar-refractivity contribution in [1.29, 1.82) is 0 Å². The number of hydrogen-bond donors (Lipinski definition) is 2. The number of carbonyl (C=O) groups excluding carboxylic acids is 1. The molecule has 2 fully saturated rings. The van der Waals surface area contributed by atoms with E-state index in [-0.39, 0.29) is 5.60 Å². The molecule has 1 atom stereocenters. The van der Waals surface area contributed by atoms with Crippen molar-refractivity contribution >= 4 is 5.91 Å². The monoisotopic (exact) mass is 317 g/mol. The zero-order chi connectivity index (χ0) is 15.9. The van der Waals surface area contributed by atoms with Crippen LogP contribution < -0.4 is 5.48 Å². The van der Waals surface area contributed by atoms with E-state index in [2.05, 4.69) is 9.88 Å². The van der Waals surface area contributed by atoms with Gasteiger partial charge in [0, 0.05) is 31.9 Å². The summed E-state index contributed by atoms with van der Waals surface area (Å²) in [7, 11) is 0. The summed E-state index contributed by atoms with van der Waals surface area (Å²) in [5.41, 5.74) is 4.42. The van der Waals surface area contributed by atoms with Crippen molar-refractivity contribution in [1.82, 2.24) is 15.4 Å². The summed E-state index contributed by atoms with van der Waals surface area (Å²) in [5.74, 6) is -0.501. The highest BCUT2D eigenvalue weighted by Gasteiger charge is 2.44. The molecule has 4 rings (SSSR count). The first-order valence-electron chi connectivity index (χ1n) is 8.49. The minimum absolute atomic E-state index is 0.166. The van der Waals surface area contributed by atoms with Gasteiger partial charge in [0.15, 0.2) is 0 Å². The summed E-state index contributed by atoms with van der Waals surface area (Å²) in [6, 6.07) is 2.43. The average molecular weight is 317 g/mol. The van der Waals surface area contributed by atoms with Gasteiger partial charge in [-0.3, -0.25) is 19.9 Å². The van der Waals surface area contributed by atoms with Gasteiger partial charge in [-0.2, -0.15) is 0 Å². The van der Waals surface area contributed by atoms with Crippen LogP contribution in [0.15, 0.2) is 12.3 Å². The minimum atomic E-state index is -0.501. The van der Waals surface area contributed by atoms with Crippen molar-refractivity contribution in [2.45, 2.75) is 56.7 Å². The van der Waals surface area contributed by atoms with E-state index in [1.165, 1.54) is 19.3 Å². The highest BCUT2D eigenvalue weighted by molar-refractivity contribution is 5.93. The second-order valence-corrected chi connectivity index (χ2v) is 7.02. The third kappa shape index (κ3) is 2.75. The van der Waals surface area contributed by atoms with E-state index in [1.54, 1.807) is 11.7 Å². The molecule has 2 N–H and O–H groups in total. The van der Waals surface area contributed by atoms with Crippen LogP contribution in [0.4, 0.5) is 0 Å².